The number of rotatable bonds is 2. The Morgan fingerprint density at radius 3 is 2.50 bits per heavy atom. The Balaban J connectivity index is 2.38. The van der Waals surface area contributed by atoms with E-state index in [0.717, 1.165) is 0 Å². The molecule has 0 nitrogen and oxygen atoms in total. The Labute approximate surface area is 67.2 Å². The van der Waals surface area contributed by atoms with Crippen LogP contribution < -0.4 is 0 Å². The zero-order chi connectivity index (χ0) is 9.73. The van der Waals surface area contributed by atoms with Crippen molar-refractivity contribution < 1.29 is 4.11 Å². The first-order valence-corrected chi connectivity index (χ1v) is 3.60. The fourth-order valence-corrected chi connectivity index (χ4v) is 0.965. The standard InChI is InChI=1S/C10H14/c1-2-7-10-8-5-3-4-6-9-10/h3-6,8-10H,2,7H2,1H3/i1D3. The normalized spacial score (nSPS) is 23.4. The SMILES string of the molecule is [2H]C([2H])([2H])CCC1C=CC=CC=C1. The lowest BCUT2D eigenvalue weighted by Crippen LogP contribution is -1.88. The fourth-order valence-electron chi connectivity index (χ4n) is 0.965. The van der Waals surface area contributed by atoms with Crippen molar-refractivity contribution in [2.24, 2.45) is 5.92 Å². The molecule has 0 aromatic rings. The van der Waals surface area contributed by atoms with Gasteiger partial charge in [0, 0.05) is 4.11 Å². The Bertz CT molecular complexity index is 217. The van der Waals surface area contributed by atoms with Gasteiger partial charge in [-0.2, -0.15) is 0 Å². The van der Waals surface area contributed by atoms with Gasteiger partial charge < -0.3 is 0 Å². The van der Waals surface area contributed by atoms with Crippen LogP contribution in [0.2, 0.25) is 0 Å². The van der Waals surface area contributed by atoms with E-state index in [1.54, 1.807) is 0 Å². The molecular formula is C10H14. The van der Waals surface area contributed by atoms with Gasteiger partial charge in [-0.3, -0.25) is 0 Å². The monoisotopic (exact) mass is 137 g/mol. The number of allylic oxidation sites excluding steroid dienone is 6. The van der Waals surface area contributed by atoms with E-state index >= 15 is 0 Å². The van der Waals surface area contributed by atoms with Crippen LogP contribution in [0, 0.1) is 5.92 Å². The summed E-state index contributed by atoms with van der Waals surface area (Å²) in [6.45, 7) is -1.79. The molecule has 0 heteroatoms. The topological polar surface area (TPSA) is 0 Å². The van der Waals surface area contributed by atoms with Gasteiger partial charge in [-0.1, -0.05) is 49.7 Å². The summed E-state index contributed by atoms with van der Waals surface area (Å²) in [7, 11) is 0. The highest BCUT2D eigenvalue weighted by molar-refractivity contribution is 5.19. The first-order valence-electron chi connectivity index (χ1n) is 5.10. The molecule has 0 saturated carbocycles. The molecule has 0 heterocycles. The van der Waals surface area contributed by atoms with Crippen LogP contribution in [0.25, 0.3) is 0 Å². The molecule has 0 aliphatic heterocycles. The summed E-state index contributed by atoms with van der Waals surface area (Å²) >= 11 is 0. The van der Waals surface area contributed by atoms with Gasteiger partial charge in [0.2, 0.25) is 0 Å². The van der Waals surface area contributed by atoms with Crippen LogP contribution in [-0.2, 0) is 0 Å². The van der Waals surface area contributed by atoms with Crippen molar-refractivity contribution in [3.8, 4) is 0 Å². The molecule has 1 aliphatic carbocycles. The van der Waals surface area contributed by atoms with Crippen LogP contribution >= 0.6 is 0 Å². The highest BCUT2D eigenvalue weighted by Crippen LogP contribution is 2.11. The van der Waals surface area contributed by atoms with E-state index in [0.29, 0.717) is 6.42 Å². The summed E-state index contributed by atoms with van der Waals surface area (Å²) < 4.78 is 21.2. The minimum absolute atomic E-state index is 0.274. The Hall–Kier alpha value is -0.780. The quantitative estimate of drug-likeness (QED) is 0.548. The average Bonchev–Trinajstić information content (AvgIpc) is 2.26. The molecule has 0 radical (unpaired) electrons. The number of hydrogen-bond donors (Lipinski definition) is 0. The minimum Gasteiger partial charge on any atom is -0.0776 e. The maximum absolute atomic E-state index is 7.07. The molecule has 0 aromatic carbocycles. The average molecular weight is 137 g/mol. The van der Waals surface area contributed by atoms with E-state index < -0.39 is 6.85 Å². The lowest BCUT2D eigenvalue weighted by molar-refractivity contribution is 0.691. The lowest BCUT2D eigenvalue weighted by Gasteiger charge is -2.02. The second-order valence-corrected chi connectivity index (χ2v) is 2.36. The predicted octanol–water partition coefficient (Wildman–Crippen LogP) is 3.08. The largest absolute Gasteiger partial charge is 0.0776 e. The molecule has 1 rings (SSSR count). The Morgan fingerprint density at radius 1 is 1.20 bits per heavy atom. The van der Waals surface area contributed by atoms with Crippen molar-refractivity contribution in [1.82, 2.24) is 0 Å². The van der Waals surface area contributed by atoms with Gasteiger partial charge in [0.25, 0.3) is 0 Å². The molecule has 0 spiro atoms. The van der Waals surface area contributed by atoms with Gasteiger partial charge in [-0.25, -0.2) is 0 Å². The molecular weight excluding hydrogens is 120 g/mol. The summed E-state index contributed by atoms with van der Waals surface area (Å²) in [6.07, 6.45) is 12.9. The molecule has 0 unspecified atom stereocenters. The summed E-state index contributed by atoms with van der Waals surface area (Å²) in [5.41, 5.74) is 0. The van der Waals surface area contributed by atoms with E-state index in [1.165, 1.54) is 0 Å². The maximum Gasteiger partial charge on any atom is 0.0230 e. The third kappa shape index (κ3) is 2.22. The van der Waals surface area contributed by atoms with Crippen LogP contribution in [0.15, 0.2) is 36.5 Å². The second-order valence-electron chi connectivity index (χ2n) is 2.36. The molecule has 0 atom stereocenters. The van der Waals surface area contributed by atoms with Crippen molar-refractivity contribution in [1.29, 1.82) is 0 Å². The van der Waals surface area contributed by atoms with Crippen LogP contribution in [0.5, 0.6) is 0 Å². The zero-order valence-electron chi connectivity index (χ0n) is 8.96. The lowest BCUT2D eigenvalue weighted by atomic mass is 10.0. The van der Waals surface area contributed by atoms with E-state index in [4.69, 9.17) is 4.11 Å². The van der Waals surface area contributed by atoms with Crippen molar-refractivity contribution in [2.45, 2.75) is 19.7 Å². The molecule has 54 valence electrons. The highest BCUT2D eigenvalue weighted by Gasteiger charge is 1.96. The first kappa shape index (κ1) is 4.17. The first-order chi connectivity index (χ1) is 6.08. The van der Waals surface area contributed by atoms with E-state index in [9.17, 15) is 0 Å². The van der Waals surface area contributed by atoms with Crippen molar-refractivity contribution in [3.05, 3.63) is 36.5 Å². The van der Waals surface area contributed by atoms with Gasteiger partial charge in [-0.15, -0.1) is 0 Å². The third-order valence-electron chi connectivity index (χ3n) is 1.53. The van der Waals surface area contributed by atoms with Crippen molar-refractivity contribution in [2.75, 3.05) is 0 Å². The van der Waals surface area contributed by atoms with Crippen LogP contribution in [0.1, 0.15) is 23.8 Å². The Morgan fingerprint density at radius 2 is 1.90 bits per heavy atom. The predicted molar refractivity (Wildman–Crippen MR) is 45.8 cm³/mol. The summed E-state index contributed by atoms with van der Waals surface area (Å²) in [6, 6.07) is 0. The van der Waals surface area contributed by atoms with Gasteiger partial charge >= 0.3 is 0 Å². The highest BCUT2D eigenvalue weighted by atomic mass is 14.0. The third-order valence-corrected chi connectivity index (χ3v) is 1.53. The maximum atomic E-state index is 7.07. The second kappa shape index (κ2) is 4.10. The minimum atomic E-state index is -1.79. The molecule has 0 fully saturated rings. The van der Waals surface area contributed by atoms with E-state index in [-0.39, 0.29) is 12.3 Å². The number of hydrogen-bond acceptors (Lipinski definition) is 0. The summed E-state index contributed by atoms with van der Waals surface area (Å²) in [4.78, 5) is 0. The molecule has 10 heavy (non-hydrogen) atoms. The Kier molecular flexibility index (Phi) is 1.71. The zero-order valence-corrected chi connectivity index (χ0v) is 5.96. The molecule has 0 bridgehead atoms. The van der Waals surface area contributed by atoms with Crippen LogP contribution in [-0.4, -0.2) is 0 Å². The van der Waals surface area contributed by atoms with Crippen molar-refractivity contribution in [3.63, 3.8) is 0 Å². The van der Waals surface area contributed by atoms with Crippen LogP contribution in [0.4, 0.5) is 0 Å². The summed E-state index contributed by atoms with van der Waals surface area (Å²) in [5, 5.41) is 0. The molecule has 0 saturated heterocycles. The van der Waals surface area contributed by atoms with Gasteiger partial charge in [0.1, 0.15) is 0 Å². The van der Waals surface area contributed by atoms with Crippen LogP contribution in [0.3, 0.4) is 0 Å². The van der Waals surface area contributed by atoms with Gasteiger partial charge in [0.05, 0.1) is 0 Å². The van der Waals surface area contributed by atoms with E-state index in [1.807, 2.05) is 36.5 Å². The molecule has 1 aliphatic rings. The smallest absolute Gasteiger partial charge is 0.0230 e. The molecule has 0 aromatic heterocycles. The van der Waals surface area contributed by atoms with Gasteiger partial charge in [-0.05, 0) is 12.3 Å². The fraction of sp³-hybridized carbons (Fsp3) is 0.400. The van der Waals surface area contributed by atoms with Gasteiger partial charge in [0.15, 0.2) is 0 Å². The summed E-state index contributed by atoms with van der Waals surface area (Å²) in [5.74, 6) is 0.274. The van der Waals surface area contributed by atoms with E-state index in [2.05, 4.69) is 0 Å². The van der Waals surface area contributed by atoms with Crippen molar-refractivity contribution >= 4 is 0 Å². The molecule has 0 amide bonds. The molecule has 0 N–H and O–H groups in total.